The minimum atomic E-state index is -0.587. The molecule has 0 fully saturated rings. The van der Waals surface area contributed by atoms with Crippen molar-refractivity contribution >= 4 is 11.8 Å². The maximum absolute atomic E-state index is 11.9. The summed E-state index contributed by atoms with van der Waals surface area (Å²) < 4.78 is 6.01. The summed E-state index contributed by atoms with van der Waals surface area (Å²) in [7, 11) is 0. The molecule has 0 aliphatic carbocycles. The lowest BCUT2D eigenvalue weighted by Gasteiger charge is -2.34. The zero-order valence-corrected chi connectivity index (χ0v) is 15.3. The summed E-state index contributed by atoms with van der Waals surface area (Å²) in [5, 5.41) is 2.66. The molecule has 0 saturated heterocycles. The largest absolute Gasteiger partial charge is 0.375 e. The molecule has 0 aromatic carbocycles. The van der Waals surface area contributed by atoms with Gasteiger partial charge in [0.05, 0.1) is 12.2 Å². The number of nitrogens with two attached hydrogens (primary N) is 1. The van der Waals surface area contributed by atoms with E-state index in [0.29, 0.717) is 31.8 Å². The predicted octanol–water partition coefficient (Wildman–Crippen LogP) is 2.62. The summed E-state index contributed by atoms with van der Waals surface area (Å²) in [6.45, 7) is 15.2. The molecule has 2 amide bonds. The minimum absolute atomic E-state index is 0.0960. The van der Waals surface area contributed by atoms with E-state index in [-0.39, 0.29) is 16.9 Å². The van der Waals surface area contributed by atoms with Crippen molar-refractivity contribution in [1.82, 2.24) is 5.32 Å². The predicted molar refractivity (Wildman–Crippen MR) is 89.3 cm³/mol. The van der Waals surface area contributed by atoms with Gasteiger partial charge in [-0.25, -0.2) is 0 Å². The van der Waals surface area contributed by atoms with Crippen LogP contribution >= 0.6 is 0 Å². The summed E-state index contributed by atoms with van der Waals surface area (Å²) in [6, 6.07) is -0.587. The highest BCUT2D eigenvalue weighted by Crippen LogP contribution is 2.29. The third-order valence-corrected chi connectivity index (χ3v) is 4.44. The highest BCUT2D eigenvalue weighted by Gasteiger charge is 2.28. The lowest BCUT2D eigenvalue weighted by atomic mass is 9.82. The first-order chi connectivity index (χ1) is 9.91. The average molecular weight is 314 g/mol. The van der Waals surface area contributed by atoms with Crippen LogP contribution in [0.15, 0.2) is 0 Å². The molecule has 0 aromatic heterocycles. The topological polar surface area (TPSA) is 81.4 Å². The van der Waals surface area contributed by atoms with E-state index in [2.05, 4.69) is 33.0 Å². The van der Waals surface area contributed by atoms with Gasteiger partial charge in [0.1, 0.15) is 6.04 Å². The smallest absolute Gasteiger partial charge is 0.239 e. The zero-order chi connectivity index (χ0) is 17.6. The Labute approximate surface area is 135 Å². The number of rotatable bonds is 10. The van der Waals surface area contributed by atoms with Crippen LogP contribution in [0.25, 0.3) is 0 Å². The fraction of sp³-hybridized carbons (Fsp3) is 0.882. The van der Waals surface area contributed by atoms with E-state index in [0.717, 1.165) is 0 Å². The Morgan fingerprint density at radius 3 is 2.14 bits per heavy atom. The van der Waals surface area contributed by atoms with E-state index < -0.39 is 11.9 Å². The SMILES string of the molecule is CCC(NC(=O)CCC(C)(C)OCC(C)(C)C(C)C)C(N)=O. The molecule has 130 valence electrons. The molecule has 1 atom stereocenters. The maximum atomic E-state index is 11.9. The van der Waals surface area contributed by atoms with Crippen molar-refractivity contribution in [2.45, 2.75) is 79.4 Å². The van der Waals surface area contributed by atoms with Gasteiger partial charge in [-0.05, 0) is 38.0 Å². The molecule has 3 N–H and O–H groups in total. The standard InChI is InChI=1S/C17H34N2O3/c1-8-13(15(18)21)19-14(20)9-10-17(6,7)22-11-16(4,5)12(2)3/h12-13H,8-11H2,1-7H3,(H2,18,21)(H,19,20). The van der Waals surface area contributed by atoms with E-state index in [4.69, 9.17) is 10.5 Å². The van der Waals surface area contributed by atoms with Crippen molar-refractivity contribution < 1.29 is 14.3 Å². The van der Waals surface area contributed by atoms with Crippen LogP contribution in [0.4, 0.5) is 0 Å². The van der Waals surface area contributed by atoms with Crippen LogP contribution in [-0.2, 0) is 14.3 Å². The molecular weight excluding hydrogens is 280 g/mol. The number of primary amides is 1. The van der Waals surface area contributed by atoms with E-state index >= 15 is 0 Å². The van der Waals surface area contributed by atoms with Gasteiger partial charge >= 0.3 is 0 Å². The van der Waals surface area contributed by atoms with Gasteiger partial charge in [0.2, 0.25) is 11.8 Å². The van der Waals surface area contributed by atoms with E-state index in [1.54, 1.807) is 0 Å². The summed E-state index contributed by atoms with van der Waals surface area (Å²) in [6.07, 6.45) is 1.42. The van der Waals surface area contributed by atoms with Crippen LogP contribution in [0.3, 0.4) is 0 Å². The second-order valence-corrected chi connectivity index (χ2v) is 7.62. The number of nitrogens with one attached hydrogen (secondary N) is 1. The third kappa shape index (κ3) is 7.78. The molecule has 1 unspecified atom stereocenters. The van der Waals surface area contributed by atoms with Gasteiger partial charge in [-0.1, -0.05) is 34.6 Å². The van der Waals surface area contributed by atoms with Crippen LogP contribution in [-0.4, -0.2) is 30.1 Å². The maximum Gasteiger partial charge on any atom is 0.239 e. The highest BCUT2D eigenvalue weighted by atomic mass is 16.5. The van der Waals surface area contributed by atoms with Crippen LogP contribution in [0, 0.1) is 11.3 Å². The van der Waals surface area contributed by atoms with Gasteiger partial charge in [0.25, 0.3) is 0 Å². The molecule has 0 aromatic rings. The lowest BCUT2D eigenvalue weighted by Crippen LogP contribution is -2.44. The molecule has 0 heterocycles. The number of carbonyl (C=O) groups excluding carboxylic acids is 2. The highest BCUT2D eigenvalue weighted by molar-refractivity contribution is 5.86. The number of carbonyl (C=O) groups is 2. The van der Waals surface area contributed by atoms with Crippen LogP contribution in [0.2, 0.25) is 0 Å². The molecule has 0 aliphatic heterocycles. The van der Waals surface area contributed by atoms with Gasteiger partial charge < -0.3 is 15.8 Å². The first kappa shape index (κ1) is 20.9. The van der Waals surface area contributed by atoms with E-state index in [9.17, 15) is 9.59 Å². The molecule has 0 saturated carbocycles. The summed E-state index contributed by atoms with van der Waals surface area (Å²) in [4.78, 5) is 23.0. The second kappa shape index (κ2) is 8.51. The van der Waals surface area contributed by atoms with Crippen molar-refractivity contribution in [2.75, 3.05) is 6.61 Å². The fourth-order valence-electron chi connectivity index (χ4n) is 1.68. The van der Waals surface area contributed by atoms with Crippen molar-refractivity contribution in [2.24, 2.45) is 17.1 Å². The minimum Gasteiger partial charge on any atom is -0.375 e. The third-order valence-electron chi connectivity index (χ3n) is 4.44. The Bertz CT molecular complexity index is 376. The first-order valence-electron chi connectivity index (χ1n) is 8.14. The second-order valence-electron chi connectivity index (χ2n) is 7.62. The molecule has 0 rings (SSSR count). The number of hydrogen-bond donors (Lipinski definition) is 2. The Balaban J connectivity index is 4.32. The Kier molecular flexibility index (Phi) is 8.09. The first-order valence-corrected chi connectivity index (χ1v) is 8.14. The van der Waals surface area contributed by atoms with Crippen LogP contribution in [0.5, 0.6) is 0 Å². The summed E-state index contributed by atoms with van der Waals surface area (Å²) >= 11 is 0. The molecule has 0 spiro atoms. The Hall–Kier alpha value is -1.10. The number of hydrogen-bond acceptors (Lipinski definition) is 3. The molecule has 0 aliphatic rings. The van der Waals surface area contributed by atoms with Gasteiger partial charge in [0.15, 0.2) is 0 Å². The number of amides is 2. The molecule has 5 heteroatoms. The van der Waals surface area contributed by atoms with Crippen LogP contribution < -0.4 is 11.1 Å². The summed E-state index contributed by atoms with van der Waals surface area (Å²) in [5.41, 5.74) is 4.94. The van der Waals surface area contributed by atoms with Crippen molar-refractivity contribution in [3.8, 4) is 0 Å². The monoisotopic (exact) mass is 314 g/mol. The van der Waals surface area contributed by atoms with Crippen molar-refractivity contribution in [3.05, 3.63) is 0 Å². The summed E-state index contributed by atoms with van der Waals surface area (Å²) in [5.74, 6) is -0.136. The molecule has 0 radical (unpaired) electrons. The molecule has 0 bridgehead atoms. The molecular formula is C17H34N2O3. The normalized spacial score (nSPS) is 14.0. The average Bonchev–Trinajstić information content (AvgIpc) is 2.40. The van der Waals surface area contributed by atoms with Crippen LogP contribution in [0.1, 0.15) is 67.7 Å². The quantitative estimate of drug-likeness (QED) is 0.650. The molecule has 22 heavy (non-hydrogen) atoms. The van der Waals surface area contributed by atoms with Crippen molar-refractivity contribution in [3.63, 3.8) is 0 Å². The zero-order valence-electron chi connectivity index (χ0n) is 15.3. The lowest BCUT2D eigenvalue weighted by molar-refractivity contribution is -0.129. The Morgan fingerprint density at radius 2 is 1.73 bits per heavy atom. The van der Waals surface area contributed by atoms with Gasteiger partial charge in [0, 0.05) is 6.42 Å². The van der Waals surface area contributed by atoms with Gasteiger partial charge in [-0.3, -0.25) is 9.59 Å². The number of ether oxygens (including phenoxy) is 1. The van der Waals surface area contributed by atoms with Gasteiger partial charge in [-0.15, -0.1) is 0 Å². The van der Waals surface area contributed by atoms with E-state index in [1.165, 1.54) is 0 Å². The van der Waals surface area contributed by atoms with E-state index in [1.807, 2.05) is 20.8 Å². The molecule has 5 nitrogen and oxygen atoms in total. The Morgan fingerprint density at radius 1 is 1.18 bits per heavy atom. The fourth-order valence-corrected chi connectivity index (χ4v) is 1.68. The van der Waals surface area contributed by atoms with Crippen molar-refractivity contribution in [1.29, 1.82) is 0 Å². The van der Waals surface area contributed by atoms with Gasteiger partial charge in [-0.2, -0.15) is 0 Å².